The molecule has 1 fully saturated rings. The topological polar surface area (TPSA) is 38.9 Å². The Morgan fingerprint density at radius 3 is 2.33 bits per heavy atom. The fraction of sp³-hybridized carbons (Fsp3) is 0.227. The molecule has 1 aliphatic carbocycles. The number of aryl methyl sites for hydroxylation is 1. The Morgan fingerprint density at radius 1 is 0.776 bits per heavy atom. The Kier molecular flexibility index (Phi) is 9.56. The van der Waals surface area contributed by atoms with E-state index in [1.54, 1.807) is 12.1 Å². The van der Waals surface area contributed by atoms with Crippen LogP contribution in [0.15, 0.2) is 120 Å². The van der Waals surface area contributed by atoms with Crippen LogP contribution in [0.25, 0.3) is 55.6 Å². The molecular weight excluding hydrogens is 793 g/mol. The maximum atomic E-state index is 7.35. The minimum atomic E-state index is -2.08. The fourth-order valence-electron chi connectivity index (χ4n) is 6.60. The zero-order chi connectivity index (χ0) is 35.6. The molecule has 4 aromatic carbocycles. The van der Waals surface area contributed by atoms with Gasteiger partial charge in [0, 0.05) is 42.0 Å². The van der Waals surface area contributed by atoms with Crippen molar-refractivity contribution in [1.82, 2.24) is 9.97 Å². The van der Waals surface area contributed by atoms with Crippen molar-refractivity contribution in [3.05, 3.63) is 139 Å². The molecule has 0 unspecified atom stereocenters. The van der Waals surface area contributed by atoms with Gasteiger partial charge in [0.25, 0.3) is 0 Å². The number of furan rings is 1. The number of hydrogen-bond donors (Lipinski definition) is 0. The quantitative estimate of drug-likeness (QED) is 0.128. The van der Waals surface area contributed by atoms with Crippen LogP contribution in [0.1, 0.15) is 53.3 Å². The van der Waals surface area contributed by atoms with Gasteiger partial charge in [-0.2, -0.15) is 0 Å². The van der Waals surface area contributed by atoms with Crippen molar-refractivity contribution in [1.29, 1.82) is 0 Å². The molecule has 8 rings (SSSR count). The summed E-state index contributed by atoms with van der Waals surface area (Å²) in [6, 6.07) is 40.8. The number of aromatic nitrogens is 2. The third-order valence-electron chi connectivity index (χ3n) is 9.38. The summed E-state index contributed by atoms with van der Waals surface area (Å²) in [5, 5.41) is 3.56. The summed E-state index contributed by atoms with van der Waals surface area (Å²) in [6.07, 6.45) is 10.5. The molecule has 49 heavy (non-hydrogen) atoms. The zero-order valence-electron chi connectivity index (χ0n) is 31.2. The van der Waals surface area contributed by atoms with Gasteiger partial charge in [0.2, 0.25) is 0 Å². The summed E-state index contributed by atoms with van der Waals surface area (Å²) < 4.78 is 28.5. The Balaban J connectivity index is 0.000000193. The van der Waals surface area contributed by atoms with Crippen LogP contribution in [-0.4, -0.2) is 18.0 Å². The summed E-state index contributed by atoms with van der Waals surface area (Å²) in [4.78, 5) is 9.17. The second kappa shape index (κ2) is 15.2. The normalized spacial score (nSPS) is 14.6. The molecule has 5 heteroatoms. The van der Waals surface area contributed by atoms with Crippen LogP contribution in [0.4, 0.5) is 0 Å². The predicted molar refractivity (Wildman–Crippen MR) is 203 cm³/mol. The van der Waals surface area contributed by atoms with Gasteiger partial charge in [0.15, 0.2) is 0 Å². The molecule has 1 saturated carbocycles. The molecule has 0 aliphatic heterocycles. The van der Waals surface area contributed by atoms with Gasteiger partial charge in [-0.25, -0.2) is 0 Å². The van der Waals surface area contributed by atoms with Crippen LogP contribution >= 0.6 is 0 Å². The maximum Gasteiger partial charge on any atom is 0.121 e. The number of nitrogens with zero attached hydrogens (tertiary/aromatic N) is 2. The van der Waals surface area contributed by atoms with Crippen LogP contribution in [0, 0.1) is 19.0 Å². The summed E-state index contributed by atoms with van der Waals surface area (Å²) >= 11 is 0. The number of fused-ring (bicyclic) bond motifs is 3. The average molecular weight is 838 g/mol. The first-order valence-corrected chi connectivity index (χ1v) is 20.4. The minimum absolute atomic E-state index is 0. The molecule has 0 saturated heterocycles. The smallest absolute Gasteiger partial charge is 0.121 e. The van der Waals surface area contributed by atoms with Crippen LogP contribution in [-0.2, 0) is 20.1 Å². The molecule has 3 nitrogen and oxygen atoms in total. The second-order valence-corrected chi connectivity index (χ2v) is 18.8. The van der Waals surface area contributed by atoms with Gasteiger partial charge < -0.3 is 14.4 Å². The van der Waals surface area contributed by atoms with Gasteiger partial charge in [-0.05, 0) is 58.6 Å². The van der Waals surface area contributed by atoms with E-state index < -0.39 is 14.9 Å². The number of rotatable bonds is 5. The van der Waals surface area contributed by atoms with Crippen molar-refractivity contribution in [3.63, 3.8) is 0 Å². The third-order valence-corrected chi connectivity index (χ3v) is 11.4. The Hall–Kier alpha value is -4.15. The van der Waals surface area contributed by atoms with E-state index in [-0.39, 0.29) is 20.1 Å². The van der Waals surface area contributed by atoms with Crippen molar-refractivity contribution < 1.29 is 28.6 Å². The number of pyridine rings is 2. The summed E-state index contributed by atoms with van der Waals surface area (Å²) in [5.41, 5.74) is 9.38. The van der Waals surface area contributed by atoms with E-state index in [0.717, 1.165) is 50.0 Å². The van der Waals surface area contributed by atoms with Crippen molar-refractivity contribution in [2.24, 2.45) is 0 Å². The zero-order valence-corrected chi connectivity index (χ0v) is 31.6. The average Bonchev–Trinajstić information content (AvgIpc) is 3.53. The molecule has 0 atom stereocenters. The first-order chi connectivity index (χ1) is 24.5. The van der Waals surface area contributed by atoms with E-state index in [0.29, 0.717) is 11.5 Å². The van der Waals surface area contributed by atoms with E-state index in [1.807, 2.05) is 30.6 Å². The summed E-state index contributed by atoms with van der Waals surface area (Å²) in [6.45, 7) is 4.76. The minimum Gasteiger partial charge on any atom is -0.501 e. The first kappa shape index (κ1) is 30.9. The first-order valence-electron chi connectivity index (χ1n) is 18.4. The summed E-state index contributed by atoms with van der Waals surface area (Å²) in [7, 11) is -1.34. The van der Waals surface area contributed by atoms with Gasteiger partial charge in [0.05, 0.1) is 13.7 Å². The standard InChI is InChI=1S/C29H24NO.C15H18NSi.Ir/c1-3-8-20(9-4-1)22-14-15-24-25-12-7-13-26(29(25)31-28(24)19-22)27-18-23(16-17-30-27)21-10-5-2-6-11-21;1-12-5-7-13(8-6-12)15-10-9-14(11-16-15)17(2,3)4;/h1,3-4,7-9,12,14-19,21H,2,5-6,10-11H2;5-7,9-11H,1-4H3;/q2*-1;/i;1D3;. The molecule has 1 aliphatic rings. The van der Waals surface area contributed by atoms with Gasteiger partial charge in [-0.1, -0.05) is 123 Å². The second-order valence-electron chi connectivity index (χ2n) is 13.8. The van der Waals surface area contributed by atoms with Gasteiger partial charge >= 0.3 is 0 Å². The van der Waals surface area contributed by atoms with E-state index in [4.69, 9.17) is 13.5 Å². The molecule has 0 N–H and O–H groups in total. The Morgan fingerprint density at radius 2 is 1.61 bits per heavy atom. The molecule has 0 bridgehead atoms. The van der Waals surface area contributed by atoms with Crippen molar-refractivity contribution in [2.75, 3.05) is 0 Å². The fourth-order valence-corrected chi connectivity index (χ4v) is 7.63. The predicted octanol–water partition coefficient (Wildman–Crippen LogP) is 11.6. The van der Waals surface area contributed by atoms with Crippen LogP contribution in [0.2, 0.25) is 19.6 Å². The van der Waals surface area contributed by atoms with E-state index in [9.17, 15) is 0 Å². The van der Waals surface area contributed by atoms with Crippen LogP contribution < -0.4 is 5.19 Å². The molecule has 3 aromatic heterocycles. The molecule has 0 spiro atoms. The number of benzene rings is 4. The third kappa shape index (κ3) is 7.86. The maximum absolute atomic E-state index is 7.35. The largest absolute Gasteiger partial charge is 0.501 e. The summed E-state index contributed by atoms with van der Waals surface area (Å²) in [5.74, 6) is 0.652. The Bertz CT molecular complexity index is 2200. The molecule has 1 radical (unpaired) electrons. The molecule has 0 amide bonds. The van der Waals surface area contributed by atoms with E-state index in [1.165, 1.54) is 54.5 Å². The molecule has 249 valence electrons. The number of hydrogen-bond acceptors (Lipinski definition) is 3. The van der Waals surface area contributed by atoms with E-state index in [2.05, 4.69) is 103 Å². The van der Waals surface area contributed by atoms with Crippen molar-refractivity contribution in [3.8, 4) is 33.6 Å². The van der Waals surface area contributed by atoms with Gasteiger partial charge in [-0.15, -0.1) is 53.6 Å². The van der Waals surface area contributed by atoms with Crippen molar-refractivity contribution in [2.45, 2.75) is 64.5 Å². The van der Waals surface area contributed by atoms with Crippen LogP contribution in [0.5, 0.6) is 0 Å². The van der Waals surface area contributed by atoms with Gasteiger partial charge in [-0.3, -0.25) is 0 Å². The monoisotopic (exact) mass is 838 g/mol. The molecule has 3 heterocycles. The molecular formula is C44H42IrN2OSi-2. The Labute approximate surface area is 309 Å². The van der Waals surface area contributed by atoms with Gasteiger partial charge in [0.1, 0.15) is 5.58 Å². The van der Waals surface area contributed by atoms with Crippen LogP contribution in [0.3, 0.4) is 0 Å². The SMILES string of the molecule is [2H]C([2H])([2H])c1c[c-]c(-c2ccc([Si](C)(C)C)cn2)cc1.[Ir].[c-]1ccc2c(oc3cc(-c4ccccc4)ccc32)c1-c1cc(C2CCCCC2)ccn1. The van der Waals surface area contributed by atoms with Crippen molar-refractivity contribution >= 4 is 35.2 Å². The van der Waals surface area contributed by atoms with E-state index >= 15 is 0 Å². The molecule has 7 aromatic rings.